The summed E-state index contributed by atoms with van der Waals surface area (Å²) in [5.74, 6) is 0. The molecular weight excluding hydrogens is 236 g/mol. The zero-order chi connectivity index (χ0) is 13.8. The van der Waals surface area contributed by atoms with Crippen LogP contribution in [0.4, 0.5) is 0 Å². The van der Waals surface area contributed by atoms with Gasteiger partial charge < -0.3 is 4.74 Å². The van der Waals surface area contributed by atoms with Crippen LogP contribution in [0, 0.1) is 0 Å². The molecule has 1 aromatic rings. The Labute approximate surface area is 116 Å². The highest BCUT2D eigenvalue weighted by atomic mass is 16.5. The topological polar surface area (TPSA) is 26.3 Å². The first-order chi connectivity index (χ1) is 9.36. The van der Waals surface area contributed by atoms with Gasteiger partial charge in [0, 0.05) is 0 Å². The van der Waals surface area contributed by atoms with E-state index in [9.17, 15) is 4.79 Å². The van der Waals surface area contributed by atoms with Crippen molar-refractivity contribution in [2.45, 2.75) is 45.6 Å². The predicted octanol–water partition coefficient (Wildman–Crippen LogP) is 4.30. The summed E-state index contributed by atoms with van der Waals surface area (Å²) in [7, 11) is 0. The molecule has 0 atom stereocenters. The molecule has 0 aromatic heterocycles. The van der Waals surface area contributed by atoms with Crippen molar-refractivity contribution < 1.29 is 9.53 Å². The van der Waals surface area contributed by atoms with Gasteiger partial charge in [-0.05, 0) is 30.4 Å². The Bertz CT molecular complexity index is 368. The molecule has 2 heteroatoms. The smallest absolute Gasteiger partial charge is 0.145 e. The summed E-state index contributed by atoms with van der Waals surface area (Å²) < 4.78 is 5.58. The fourth-order valence-corrected chi connectivity index (χ4v) is 1.88. The molecule has 0 fully saturated rings. The van der Waals surface area contributed by atoms with Crippen molar-refractivity contribution in [2.75, 3.05) is 6.61 Å². The lowest BCUT2D eigenvalue weighted by Gasteiger charge is -2.03. The lowest BCUT2D eigenvalue weighted by atomic mass is 10.1. The second kappa shape index (κ2) is 10.5. The van der Waals surface area contributed by atoms with Gasteiger partial charge in [0.05, 0.1) is 13.2 Å². The minimum absolute atomic E-state index is 0.640. The number of rotatable bonds is 10. The van der Waals surface area contributed by atoms with Crippen LogP contribution in [0.5, 0.6) is 0 Å². The Morgan fingerprint density at radius 2 is 2.00 bits per heavy atom. The molecule has 0 heterocycles. The summed E-state index contributed by atoms with van der Waals surface area (Å²) in [6.07, 6.45) is 8.18. The van der Waals surface area contributed by atoms with E-state index < -0.39 is 0 Å². The summed E-state index contributed by atoms with van der Waals surface area (Å²) in [5.41, 5.74) is 2.10. The Morgan fingerprint density at radius 1 is 1.21 bits per heavy atom. The molecule has 0 N–H and O–H groups in total. The number of hydrogen-bond acceptors (Lipinski definition) is 2. The van der Waals surface area contributed by atoms with Crippen molar-refractivity contribution in [3.8, 4) is 0 Å². The first-order valence-electron chi connectivity index (χ1n) is 7.12. The number of benzene rings is 1. The van der Waals surface area contributed by atoms with E-state index in [0.717, 1.165) is 31.1 Å². The van der Waals surface area contributed by atoms with Gasteiger partial charge in [-0.2, -0.15) is 0 Å². The minimum Gasteiger partial charge on any atom is -0.376 e. The fourth-order valence-electron chi connectivity index (χ4n) is 1.88. The highest BCUT2D eigenvalue weighted by molar-refractivity contribution is 5.72. The summed E-state index contributed by atoms with van der Waals surface area (Å²) in [6.45, 7) is 3.47. The first kappa shape index (κ1) is 15.6. The fraction of sp³-hybridized carbons (Fsp3) is 0.471. The molecule has 19 heavy (non-hydrogen) atoms. The van der Waals surface area contributed by atoms with E-state index in [1.165, 1.54) is 18.4 Å². The Morgan fingerprint density at radius 3 is 2.68 bits per heavy atom. The van der Waals surface area contributed by atoms with Crippen LogP contribution in [0.15, 0.2) is 42.0 Å². The van der Waals surface area contributed by atoms with E-state index in [1.54, 1.807) is 0 Å². The molecular formula is C17H24O2. The number of carbonyl (C=O) groups excluding carboxylic acids is 1. The van der Waals surface area contributed by atoms with E-state index in [-0.39, 0.29) is 0 Å². The lowest BCUT2D eigenvalue weighted by molar-refractivity contribution is -0.105. The standard InChI is InChI=1S/C17H24O2/c1-2-3-5-9-16(14-18)12-8-13-19-15-17-10-6-4-7-11-17/h4,6-7,10-12,14H,2-3,5,8-9,13,15H2,1H3/b16-12-. The number of aldehydes is 1. The van der Waals surface area contributed by atoms with Crippen molar-refractivity contribution in [1.29, 1.82) is 0 Å². The van der Waals surface area contributed by atoms with Crippen LogP contribution in [-0.2, 0) is 16.1 Å². The van der Waals surface area contributed by atoms with Gasteiger partial charge in [-0.3, -0.25) is 4.79 Å². The molecule has 1 aromatic carbocycles. The molecule has 0 spiro atoms. The van der Waals surface area contributed by atoms with Crippen molar-refractivity contribution in [1.82, 2.24) is 0 Å². The molecule has 0 radical (unpaired) electrons. The van der Waals surface area contributed by atoms with Crippen molar-refractivity contribution >= 4 is 6.29 Å². The van der Waals surface area contributed by atoms with Gasteiger partial charge in [0.1, 0.15) is 6.29 Å². The largest absolute Gasteiger partial charge is 0.376 e. The summed E-state index contributed by atoms with van der Waals surface area (Å²) in [5, 5.41) is 0. The van der Waals surface area contributed by atoms with Crippen LogP contribution in [0.1, 0.15) is 44.6 Å². The van der Waals surface area contributed by atoms with Crippen LogP contribution in [-0.4, -0.2) is 12.9 Å². The number of ether oxygens (including phenoxy) is 1. The zero-order valence-corrected chi connectivity index (χ0v) is 11.8. The third-order valence-corrected chi connectivity index (χ3v) is 3.00. The monoisotopic (exact) mass is 260 g/mol. The lowest BCUT2D eigenvalue weighted by Crippen LogP contribution is -1.95. The third kappa shape index (κ3) is 7.58. The molecule has 104 valence electrons. The average molecular weight is 260 g/mol. The highest BCUT2D eigenvalue weighted by Gasteiger charge is 1.96. The zero-order valence-electron chi connectivity index (χ0n) is 11.8. The van der Waals surface area contributed by atoms with E-state index in [2.05, 4.69) is 19.1 Å². The van der Waals surface area contributed by atoms with Gasteiger partial charge >= 0.3 is 0 Å². The van der Waals surface area contributed by atoms with Crippen LogP contribution >= 0.6 is 0 Å². The maximum Gasteiger partial charge on any atom is 0.145 e. The molecule has 0 amide bonds. The Kier molecular flexibility index (Phi) is 8.65. The maximum absolute atomic E-state index is 10.9. The predicted molar refractivity (Wildman–Crippen MR) is 79.0 cm³/mol. The van der Waals surface area contributed by atoms with E-state index >= 15 is 0 Å². The molecule has 2 nitrogen and oxygen atoms in total. The summed E-state index contributed by atoms with van der Waals surface area (Å²) >= 11 is 0. The quantitative estimate of drug-likeness (QED) is 0.356. The molecule has 0 aliphatic heterocycles. The van der Waals surface area contributed by atoms with Crippen LogP contribution in [0.2, 0.25) is 0 Å². The van der Waals surface area contributed by atoms with Crippen molar-refractivity contribution in [3.05, 3.63) is 47.5 Å². The molecule has 0 aliphatic carbocycles. The molecule has 0 bridgehead atoms. The number of carbonyl (C=O) groups is 1. The average Bonchev–Trinajstić information content (AvgIpc) is 2.46. The molecule has 0 saturated heterocycles. The number of unbranched alkanes of at least 4 members (excludes halogenated alkanes) is 2. The number of hydrogen-bond donors (Lipinski definition) is 0. The van der Waals surface area contributed by atoms with Gasteiger partial charge in [-0.15, -0.1) is 0 Å². The summed E-state index contributed by atoms with van der Waals surface area (Å²) in [4.78, 5) is 10.9. The molecule has 1 rings (SSSR count). The van der Waals surface area contributed by atoms with Crippen molar-refractivity contribution in [2.24, 2.45) is 0 Å². The second-order valence-electron chi connectivity index (χ2n) is 4.68. The van der Waals surface area contributed by atoms with E-state index in [0.29, 0.717) is 13.2 Å². The van der Waals surface area contributed by atoms with Gasteiger partial charge in [-0.25, -0.2) is 0 Å². The summed E-state index contributed by atoms with van der Waals surface area (Å²) in [6, 6.07) is 10.1. The third-order valence-electron chi connectivity index (χ3n) is 3.00. The molecule has 0 unspecified atom stereocenters. The minimum atomic E-state index is 0.640. The van der Waals surface area contributed by atoms with Gasteiger partial charge in [0.25, 0.3) is 0 Å². The van der Waals surface area contributed by atoms with Crippen LogP contribution in [0.3, 0.4) is 0 Å². The Hall–Kier alpha value is -1.41. The van der Waals surface area contributed by atoms with Gasteiger partial charge in [-0.1, -0.05) is 56.2 Å². The van der Waals surface area contributed by atoms with Gasteiger partial charge in [0.15, 0.2) is 0 Å². The second-order valence-corrected chi connectivity index (χ2v) is 4.68. The molecule has 0 aliphatic rings. The normalized spacial score (nSPS) is 11.5. The van der Waals surface area contributed by atoms with Crippen LogP contribution < -0.4 is 0 Å². The molecule has 0 saturated carbocycles. The van der Waals surface area contributed by atoms with Crippen LogP contribution in [0.25, 0.3) is 0 Å². The SMILES string of the molecule is CCCCC/C(C=O)=C/CCOCc1ccccc1. The maximum atomic E-state index is 10.9. The number of allylic oxidation sites excluding steroid dienone is 1. The van der Waals surface area contributed by atoms with Gasteiger partial charge in [0.2, 0.25) is 0 Å². The Balaban J connectivity index is 2.15. The first-order valence-corrected chi connectivity index (χ1v) is 7.12. The van der Waals surface area contributed by atoms with E-state index in [4.69, 9.17) is 4.74 Å². The van der Waals surface area contributed by atoms with Crippen molar-refractivity contribution in [3.63, 3.8) is 0 Å². The van der Waals surface area contributed by atoms with E-state index in [1.807, 2.05) is 24.3 Å². The highest BCUT2D eigenvalue weighted by Crippen LogP contribution is 2.08.